The van der Waals surface area contributed by atoms with E-state index in [9.17, 15) is 0 Å². The molecule has 0 fully saturated rings. The average Bonchev–Trinajstić information content (AvgIpc) is 2.94. The molecule has 3 heterocycles. The van der Waals surface area contributed by atoms with Gasteiger partial charge in [-0.3, -0.25) is 4.40 Å². The van der Waals surface area contributed by atoms with Crippen molar-refractivity contribution in [2.45, 2.75) is 6.92 Å². The molecule has 0 radical (unpaired) electrons. The van der Waals surface area contributed by atoms with Gasteiger partial charge in [0.15, 0.2) is 11.4 Å². The monoisotopic (exact) mass is 224 g/mol. The summed E-state index contributed by atoms with van der Waals surface area (Å²) >= 11 is 0. The Kier molecular flexibility index (Phi) is 1.95. The minimum atomic E-state index is 0.558. The van der Waals surface area contributed by atoms with Crippen LogP contribution in [0, 0.1) is 18.3 Å². The third-order valence-corrected chi connectivity index (χ3v) is 2.60. The maximum Gasteiger partial charge on any atom is 0.204 e. The highest BCUT2D eigenvalue weighted by Crippen LogP contribution is 2.23. The first-order valence-electron chi connectivity index (χ1n) is 5.09. The smallest absolute Gasteiger partial charge is 0.204 e. The molecule has 0 unspecified atom stereocenters. The van der Waals surface area contributed by atoms with Gasteiger partial charge in [-0.15, -0.1) is 10.2 Å². The molecule has 0 bridgehead atoms. The molecule has 0 aliphatic rings. The molecular weight excluding hydrogens is 216 g/mol. The Morgan fingerprint density at radius 2 is 2.18 bits per heavy atom. The lowest BCUT2D eigenvalue weighted by atomic mass is 10.2. The zero-order valence-electron chi connectivity index (χ0n) is 9.08. The Morgan fingerprint density at radius 3 is 2.88 bits per heavy atom. The minimum absolute atomic E-state index is 0.558. The maximum absolute atomic E-state index is 8.88. The van der Waals surface area contributed by atoms with E-state index in [0.717, 1.165) is 5.56 Å². The molecule has 0 N–H and O–H groups in total. The predicted octanol–water partition coefficient (Wildman–Crippen LogP) is 2.17. The number of aromatic nitrogens is 3. The average molecular weight is 224 g/mol. The van der Waals surface area contributed by atoms with Crippen LogP contribution in [0.3, 0.4) is 0 Å². The summed E-state index contributed by atoms with van der Waals surface area (Å²) in [6, 6.07) is 7.42. The molecule has 0 saturated carbocycles. The molecule has 17 heavy (non-hydrogen) atoms. The molecule has 5 nitrogen and oxygen atoms in total. The maximum atomic E-state index is 8.88. The van der Waals surface area contributed by atoms with Gasteiger partial charge in [0.05, 0.1) is 11.8 Å². The molecule has 0 amide bonds. The van der Waals surface area contributed by atoms with Gasteiger partial charge in [-0.1, -0.05) is 0 Å². The molecule has 0 aliphatic heterocycles. The predicted molar refractivity (Wildman–Crippen MR) is 60.1 cm³/mol. The van der Waals surface area contributed by atoms with E-state index in [1.165, 1.54) is 0 Å². The van der Waals surface area contributed by atoms with E-state index < -0.39 is 0 Å². The second-order valence-electron chi connectivity index (χ2n) is 3.71. The molecule has 0 aliphatic carbocycles. The topological polar surface area (TPSA) is 67.1 Å². The molecule has 0 spiro atoms. The van der Waals surface area contributed by atoms with Crippen LogP contribution in [0.5, 0.6) is 0 Å². The van der Waals surface area contributed by atoms with Crippen LogP contribution in [0.4, 0.5) is 0 Å². The molecular formula is C12H8N4O. The fourth-order valence-corrected chi connectivity index (χ4v) is 1.71. The van der Waals surface area contributed by atoms with E-state index in [1.54, 1.807) is 29.0 Å². The van der Waals surface area contributed by atoms with Crippen molar-refractivity contribution in [2.24, 2.45) is 0 Å². The number of furan rings is 1. The van der Waals surface area contributed by atoms with Crippen molar-refractivity contribution in [1.82, 2.24) is 14.6 Å². The number of nitrogens with zero attached hydrogens (tertiary/aromatic N) is 4. The van der Waals surface area contributed by atoms with Gasteiger partial charge in [0, 0.05) is 6.20 Å². The van der Waals surface area contributed by atoms with Gasteiger partial charge in [0.1, 0.15) is 6.07 Å². The molecule has 82 valence electrons. The van der Waals surface area contributed by atoms with Crippen LogP contribution in [-0.2, 0) is 0 Å². The molecule has 0 atom stereocenters. The van der Waals surface area contributed by atoms with Gasteiger partial charge in [-0.2, -0.15) is 5.26 Å². The second-order valence-corrected chi connectivity index (χ2v) is 3.71. The number of aryl methyl sites for hydroxylation is 1. The first-order chi connectivity index (χ1) is 8.29. The highest BCUT2D eigenvalue weighted by molar-refractivity contribution is 5.58. The van der Waals surface area contributed by atoms with Crippen molar-refractivity contribution in [3.8, 4) is 17.7 Å². The summed E-state index contributed by atoms with van der Waals surface area (Å²) in [6.45, 7) is 1.94. The first-order valence-corrected chi connectivity index (χ1v) is 5.09. The molecule has 3 rings (SSSR count). The summed E-state index contributed by atoms with van der Waals surface area (Å²) < 4.78 is 7.14. The Hall–Kier alpha value is -2.61. The summed E-state index contributed by atoms with van der Waals surface area (Å²) in [5.74, 6) is 1.28. The lowest BCUT2D eigenvalue weighted by molar-refractivity contribution is 0.575. The Bertz CT molecular complexity index is 732. The fraction of sp³-hybridized carbons (Fsp3) is 0.0833. The molecule has 3 aromatic rings. The van der Waals surface area contributed by atoms with Crippen LogP contribution in [-0.4, -0.2) is 14.6 Å². The van der Waals surface area contributed by atoms with Gasteiger partial charge in [0.25, 0.3) is 0 Å². The number of nitriles is 1. The third kappa shape index (κ3) is 1.39. The Labute approximate surface area is 96.9 Å². The van der Waals surface area contributed by atoms with Crippen LogP contribution in [0.2, 0.25) is 0 Å². The largest absolute Gasteiger partial charge is 0.461 e. The van der Waals surface area contributed by atoms with Gasteiger partial charge in [0.2, 0.25) is 5.82 Å². The SMILES string of the molecule is Cc1ccoc1-c1nnc2ccc(C#N)cn12. The van der Waals surface area contributed by atoms with Crippen LogP contribution < -0.4 is 0 Å². The van der Waals surface area contributed by atoms with E-state index in [-0.39, 0.29) is 0 Å². The van der Waals surface area contributed by atoms with Crippen molar-refractivity contribution in [3.05, 3.63) is 41.8 Å². The third-order valence-electron chi connectivity index (χ3n) is 2.60. The van der Waals surface area contributed by atoms with Crippen molar-refractivity contribution in [3.63, 3.8) is 0 Å². The fourth-order valence-electron chi connectivity index (χ4n) is 1.71. The van der Waals surface area contributed by atoms with Crippen molar-refractivity contribution >= 4 is 5.65 Å². The highest BCUT2D eigenvalue weighted by Gasteiger charge is 2.13. The van der Waals surface area contributed by atoms with Crippen molar-refractivity contribution < 1.29 is 4.42 Å². The van der Waals surface area contributed by atoms with Gasteiger partial charge < -0.3 is 4.42 Å². The van der Waals surface area contributed by atoms with E-state index in [2.05, 4.69) is 16.3 Å². The number of hydrogen-bond acceptors (Lipinski definition) is 4. The summed E-state index contributed by atoms with van der Waals surface area (Å²) in [5, 5.41) is 17.0. The first kappa shape index (κ1) is 9.60. The lowest BCUT2D eigenvalue weighted by Gasteiger charge is -1.98. The minimum Gasteiger partial charge on any atom is -0.461 e. The number of rotatable bonds is 1. The van der Waals surface area contributed by atoms with Crippen LogP contribution >= 0.6 is 0 Å². The highest BCUT2D eigenvalue weighted by atomic mass is 16.3. The van der Waals surface area contributed by atoms with Gasteiger partial charge in [-0.25, -0.2) is 0 Å². The number of fused-ring (bicyclic) bond motifs is 1. The Morgan fingerprint density at radius 1 is 1.29 bits per heavy atom. The standard InChI is InChI=1S/C12H8N4O/c1-8-4-5-17-11(8)12-15-14-10-3-2-9(6-13)7-16(10)12/h2-5,7H,1H3. The van der Waals surface area contributed by atoms with Crippen LogP contribution in [0.1, 0.15) is 11.1 Å². The summed E-state index contributed by atoms with van der Waals surface area (Å²) in [4.78, 5) is 0. The zero-order valence-corrected chi connectivity index (χ0v) is 9.08. The molecule has 0 saturated heterocycles. The molecule has 0 aromatic carbocycles. The van der Waals surface area contributed by atoms with E-state index >= 15 is 0 Å². The zero-order chi connectivity index (χ0) is 11.8. The summed E-state index contributed by atoms with van der Waals surface area (Å²) in [5.41, 5.74) is 2.24. The quantitative estimate of drug-likeness (QED) is 0.635. The second kappa shape index (κ2) is 3.46. The van der Waals surface area contributed by atoms with E-state index in [0.29, 0.717) is 22.8 Å². The Balaban J connectivity index is 2.31. The van der Waals surface area contributed by atoms with Crippen molar-refractivity contribution in [1.29, 1.82) is 5.26 Å². The molecule has 3 aromatic heterocycles. The van der Waals surface area contributed by atoms with E-state index in [4.69, 9.17) is 9.68 Å². The number of pyridine rings is 1. The van der Waals surface area contributed by atoms with Gasteiger partial charge >= 0.3 is 0 Å². The van der Waals surface area contributed by atoms with Gasteiger partial charge in [-0.05, 0) is 30.7 Å². The summed E-state index contributed by atoms with van der Waals surface area (Å²) in [6.07, 6.45) is 3.31. The normalized spacial score (nSPS) is 10.6. The van der Waals surface area contributed by atoms with E-state index in [1.807, 2.05) is 13.0 Å². The molecule has 5 heteroatoms. The van der Waals surface area contributed by atoms with Crippen LogP contribution in [0.25, 0.3) is 17.2 Å². The summed E-state index contributed by atoms with van der Waals surface area (Å²) in [7, 11) is 0. The van der Waals surface area contributed by atoms with Crippen LogP contribution in [0.15, 0.2) is 35.1 Å². The lowest BCUT2D eigenvalue weighted by Crippen LogP contribution is -1.90. The van der Waals surface area contributed by atoms with Crippen molar-refractivity contribution in [2.75, 3.05) is 0 Å². The number of hydrogen-bond donors (Lipinski definition) is 0.